The molecule has 0 aliphatic carbocycles. The molecule has 0 spiro atoms. The van der Waals surface area contributed by atoms with E-state index >= 15 is 0 Å². The topological polar surface area (TPSA) is 74.2 Å². The van der Waals surface area contributed by atoms with Gasteiger partial charge in [0.15, 0.2) is 0 Å². The largest absolute Gasteiger partial charge is 0.380 e. The lowest BCUT2D eigenvalue weighted by Crippen LogP contribution is -2.17. The normalized spacial score (nSPS) is 9.90. The first kappa shape index (κ1) is 15.0. The summed E-state index contributed by atoms with van der Waals surface area (Å²) in [5, 5.41) is 16.6. The minimum Gasteiger partial charge on any atom is -0.380 e. The number of benzene rings is 1. The van der Waals surface area contributed by atoms with E-state index in [4.69, 9.17) is 10.00 Å². The molecule has 0 saturated carbocycles. The summed E-state index contributed by atoms with van der Waals surface area (Å²) in [4.78, 5) is 12.5. The lowest BCUT2D eigenvalue weighted by Gasteiger charge is -2.08. The summed E-state index contributed by atoms with van der Waals surface area (Å²) in [6.45, 7) is 0.672. The summed E-state index contributed by atoms with van der Waals surface area (Å²) in [5.74, 6) is -0.188. The molecule has 1 aromatic carbocycles. The van der Waals surface area contributed by atoms with E-state index in [1.54, 1.807) is 11.3 Å². The number of nitrogens with one attached hydrogen (secondary N) is 2. The van der Waals surface area contributed by atoms with Crippen LogP contribution in [0.15, 0.2) is 35.7 Å². The Bertz CT molecular complexity index is 661. The highest BCUT2D eigenvalue weighted by Gasteiger charge is 2.03. The molecule has 0 bridgehead atoms. The van der Waals surface area contributed by atoms with Gasteiger partial charge in [0, 0.05) is 35.3 Å². The van der Waals surface area contributed by atoms with E-state index in [0.29, 0.717) is 17.8 Å². The van der Waals surface area contributed by atoms with Crippen molar-refractivity contribution in [3.05, 3.63) is 46.2 Å². The van der Waals surface area contributed by atoms with Gasteiger partial charge >= 0.3 is 0 Å². The van der Waals surface area contributed by atoms with E-state index in [1.807, 2.05) is 35.7 Å². The number of amides is 1. The third kappa shape index (κ3) is 4.60. The predicted octanol–water partition coefficient (Wildman–Crippen LogP) is 2.82. The second kappa shape index (κ2) is 7.43. The Morgan fingerprint density at radius 1 is 1.38 bits per heavy atom. The van der Waals surface area contributed by atoms with Crippen LogP contribution in [0.3, 0.4) is 0 Å². The van der Waals surface area contributed by atoms with Crippen molar-refractivity contribution in [1.29, 1.82) is 5.26 Å². The van der Waals surface area contributed by atoms with Gasteiger partial charge in [-0.2, -0.15) is 5.26 Å². The van der Waals surface area contributed by atoms with Gasteiger partial charge in [0.1, 0.15) is 12.7 Å². The first-order valence-electron chi connectivity index (χ1n) is 6.31. The van der Waals surface area contributed by atoms with Crippen LogP contribution in [0.5, 0.6) is 0 Å². The number of nitrogens with zero attached hydrogens (tertiary/aromatic N) is 1. The zero-order valence-electron chi connectivity index (χ0n) is 11.6. The van der Waals surface area contributed by atoms with E-state index in [-0.39, 0.29) is 12.5 Å². The van der Waals surface area contributed by atoms with Gasteiger partial charge in [-0.3, -0.25) is 4.79 Å². The fraction of sp³-hybridized carbons (Fsp3) is 0.200. The summed E-state index contributed by atoms with van der Waals surface area (Å²) >= 11 is 1.54. The van der Waals surface area contributed by atoms with E-state index in [0.717, 1.165) is 10.6 Å². The molecular formula is C15H15N3O2S. The van der Waals surface area contributed by atoms with Crippen LogP contribution < -0.4 is 10.6 Å². The van der Waals surface area contributed by atoms with Gasteiger partial charge in [-0.1, -0.05) is 6.07 Å². The number of hydrogen-bond donors (Lipinski definition) is 2. The quantitative estimate of drug-likeness (QED) is 0.860. The Kier molecular flexibility index (Phi) is 5.32. The van der Waals surface area contributed by atoms with E-state index in [2.05, 4.69) is 16.7 Å². The molecule has 1 amide bonds. The Morgan fingerprint density at radius 3 is 2.90 bits per heavy atom. The van der Waals surface area contributed by atoms with Gasteiger partial charge in [0.2, 0.25) is 5.91 Å². The Labute approximate surface area is 127 Å². The minimum absolute atomic E-state index is 0.0315. The zero-order valence-corrected chi connectivity index (χ0v) is 12.4. The maximum absolute atomic E-state index is 11.5. The number of hydrogen-bond acceptors (Lipinski definition) is 5. The summed E-state index contributed by atoms with van der Waals surface area (Å²) in [5.41, 5.74) is 2.29. The van der Waals surface area contributed by atoms with Crippen LogP contribution in [-0.2, 0) is 16.1 Å². The standard InChI is InChI=1S/C15H15N3O2S/c1-20-9-15(19)18-13-4-2-3-12(6-13)17-8-14-5-11(7-16)10-21-14/h2-6,10,17H,8-9H2,1H3,(H,18,19). The number of carbonyl (C=O) groups excluding carboxylic acids is 1. The minimum atomic E-state index is -0.188. The molecule has 2 N–H and O–H groups in total. The number of anilines is 2. The van der Waals surface area contributed by atoms with Crippen LogP contribution in [0.1, 0.15) is 10.4 Å². The van der Waals surface area contributed by atoms with Gasteiger partial charge in [-0.05, 0) is 24.3 Å². The third-order valence-electron chi connectivity index (χ3n) is 2.67. The molecule has 108 valence electrons. The number of ether oxygens (including phenoxy) is 1. The van der Waals surface area contributed by atoms with Gasteiger partial charge in [0.05, 0.1) is 5.56 Å². The number of nitriles is 1. The fourth-order valence-corrected chi connectivity index (χ4v) is 2.51. The summed E-state index contributed by atoms with van der Waals surface area (Å²) < 4.78 is 4.77. The van der Waals surface area contributed by atoms with E-state index in [9.17, 15) is 4.79 Å². The average molecular weight is 301 g/mol. The highest BCUT2D eigenvalue weighted by molar-refractivity contribution is 7.10. The van der Waals surface area contributed by atoms with Crippen molar-refractivity contribution >= 4 is 28.6 Å². The van der Waals surface area contributed by atoms with Crippen LogP contribution in [0, 0.1) is 11.3 Å². The van der Waals surface area contributed by atoms with Crippen LogP contribution >= 0.6 is 11.3 Å². The smallest absolute Gasteiger partial charge is 0.250 e. The van der Waals surface area contributed by atoms with E-state index < -0.39 is 0 Å². The molecule has 6 heteroatoms. The molecule has 0 fully saturated rings. The molecule has 5 nitrogen and oxygen atoms in total. The van der Waals surface area contributed by atoms with Gasteiger partial charge < -0.3 is 15.4 Å². The van der Waals surface area contributed by atoms with Gasteiger partial charge in [0.25, 0.3) is 0 Å². The predicted molar refractivity (Wildman–Crippen MR) is 83.3 cm³/mol. The van der Waals surface area contributed by atoms with Crippen molar-refractivity contribution in [3.8, 4) is 6.07 Å². The maximum atomic E-state index is 11.5. The fourth-order valence-electron chi connectivity index (χ4n) is 1.76. The average Bonchev–Trinajstić information content (AvgIpc) is 2.94. The number of rotatable bonds is 6. The molecule has 1 aromatic heterocycles. The van der Waals surface area contributed by atoms with Crippen molar-refractivity contribution in [2.75, 3.05) is 24.4 Å². The lowest BCUT2D eigenvalue weighted by molar-refractivity contribution is -0.119. The monoisotopic (exact) mass is 301 g/mol. The second-order valence-corrected chi connectivity index (χ2v) is 5.32. The van der Waals surface area contributed by atoms with Crippen molar-refractivity contribution in [2.45, 2.75) is 6.54 Å². The molecule has 0 unspecified atom stereocenters. The third-order valence-corrected chi connectivity index (χ3v) is 3.61. The molecule has 1 heterocycles. The molecule has 0 atom stereocenters. The number of methoxy groups -OCH3 is 1. The van der Waals surface area contributed by atoms with Crippen molar-refractivity contribution < 1.29 is 9.53 Å². The zero-order chi connectivity index (χ0) is 15.1. The SMILES string of the molecule is COCC(=O)Nc1cccc(NCc2cc(C#N)cs2)c1. The van der Waals surface area contributed by atoms with E-state index in [1.165, 1.54) is 7.11 Å². The highest BCUT2D eigenvalue weighted by atomic mass is 32.1. The molecule has 2 aromatic rings. The highest BCUT2D eigenvalue weighted by Crippen LogP contribution is 2.18. The van der Waals surface area contributed by atoms with Crippen molar-refractivity contribution in [1.82, 2.24) is 0 Å². The van der Waals surface area contributed by atoms with Crippen LogP contribution in [0.2, 0.25) is 0 Å². The molecule has 0 radical (unpaired) electrons. The molecule has 21 heavy (non-hydrogen) atoms. The molecule has 0 aliphatic rings. The molecule has 0 saturated heterocycles. The Balaban J connectivity index is 1.94. The first-order valence-corrected chi connectivity index (χ1v) is 7.19. The maximum Gasteiger partial charge on any atom is 0.250 e. The second-order valence-electron chi connectivity index (χ2n) is 4.33. The number of thiophene rings is 1. The van der Waals surface area contributed by atoms with Crippen LogP contribution in [0.4, 0.5) is 11.4 Å². The Hall–Kier alpha value is -2.36. The van der Waals surface area contributed by atoms with Gasteiger partial charge in [-0.25, -0.2) is 0 Å². The molecule has 0 aliphatic heterocycles. The Morgan fingerprint density at radius 2 is 2.19 bits per heavy atom. The lowest BCUT2D eigenvalue weighted by atomic mass is 10.2. The van der Waals surface area contributed by atoms with Crippen molar-refractivity contribution in [3.63, 3.8) is 0 Å². The van der Waals surface area contributed by atoms with Crippen molar-refractivity contribution in [2.24, 2.45) is 0 Å². The van der Waals surface area contributed by atoms with Gasteiger partial charge in [-0.15, -0.1) is 11.3 Å². The van der Waals surface area contributed by atoms with Crippen LogP contribution in [-0.4, -0.2) is 19.6 Å². The summed E-state index contributed by atoms with van der Waals surface area (Å²) in [6, 6.07) is 11.4. The summed E-state index contributed by atoms with van der Waals surface area (Å²) in [7, 11) is 1.48. The van der Waals surface area contributed by atoms with Crippen LogP contribution in [0.25, 0.3) is 0 Å². The molecular weight excluding hydrogens is 286 g/mol. The summed E-state index contributed by atoms with van der Waals surface area (Å²) in [6.07, 6.45) is 0. The first-order chi connectivity index (χ1) is 10.2. The number of carbonyl (C=O) groups is 1. The molecule has 2 rings (SSSR count).